The van der Waals surface area contributed by atoms with Gasteiger partial charge in [0.05, 0.1) is 51.9 Å². The second-order valence-corrected chi connectivity index (χ2v) is 9.42. The number of aliphatic hydroxyl groups is 1. The van der Waals surface area contributed by atoms with E-state index < -0.39 is 18.2 Å². The van der Waals surface area contributed by atoms with Gasteiger partial charge in [0.2, 0.25) is 5.91 Å². The van der Waals surface area contributed by atoms with Crippen LogP contribution in [0.3, 0.4) is 0 Å². The van der Waals surface area contributed by atoms with Gasteiger partial charge in [-0.1, -0.05) is 36.4 Å². The SMILES string of the molecule is Cc1ncsc1-c1ccc(C(CN2C(=O)c3ccccc3C2=O)NC(=O)C2CC(O)CN2)cc1. The standard InChI is InChI=1S/C25H24N4O4S/c1-14-22(34-13-27-14)16-8-6-15(7-9-16)21(28-23(31)20-10-17(30)11-26-20)12-29-24(32)18-4-2-3-5-19(18)25(29)33/h2-9,13,17,20-21,26,30H,10-12H2,1H3,(H,28,31). The molecule has 3 atom stereocenters. The van der Waals surface area contributed by atoms with Crippen LogP contribution in [0.5, 0.6) is 0 Å². The average Bonchev–Trinajstić information content (AvgIpc) is 3.54. The van der Waals surface area contributed by atoms with E-state index in [0.29, 0.717) is 24.1 Å². The van der Waals surface area contributed by atoms with Gasteiger partial charge in [0.15, 0.2) is 0 Å². The number of amides is 3. The Bertz CT molecular complexity index is 1220. The van der Waals surface area contributed by atoms with Crippen LogP contribution in [0, 0.1) is 6.92 Å². The van der Waals surface area contributed by atoms with Gasteiger partial charge < -0.3 is 15.7 Å². The first-order valence-corrected chi connectivity index (χ1v) is 12.0. The van der Waals surface area contributed by atoms with Crippen molar-refractivity contribution in [2.75, 3.05) is 13.1 Å². The summed E-state index contributed by atoms with van der Waals surface area (Å²) in [6, 6.07) is 13.3. The zero-order chi connectivity index (χ0) is 23.8. The number of aromatic nitrogens is 1. The minimum absolute atomic E-state index is 0.00624. The lowest BCUT2D eigenvalue weighted by Crippen LogP contribution is -2.46. The number of carbonyl (C=O) groups excluding carboxylic acids is 3. The van der Waals surface area contributed by atoms with Gasteiger partial charge in [-0.05, 0) is 36.6 Å². The van der Waals surface area contributed by atoms with E-state index in [2.05, 4.69) is 15.6 Å². The minimum Gasteiger partial charge on any atom is -0.392 e. The van der Waals surface area contributed by atoms with Crippen molar-refractivity contribution in [2.24, 2.45) is 0 Å². The third-order valence-electron chi connectivity index (χ3n) is 6.30. The molecule has 5 rings (SSSR count). The topological polar surface area (TPSA) is 112 Å². The number of imide groups is 1. The number of β-amino-alcohol motifs (C(OH)–C–C–N with tert-alkyl or cyclic N) is 1. The van der Waals surface area contributed by atoms with Crippen molar-refractivity contribution in [3.63, 3.8) is 0 Å². The molecule has 0 radical (unpaired) electrons. The Morgan fingerprint density at radius 2 is 1.85 bits per heavy atom. The Morgan fingerprint density at radius 3 is 2.41 bits per heavy atom. The quantitative estimate of drug-likeness (QED) is 0.471. The first-order valence-electron chi connectivity index (χ1n) is 11.1. The molecule has 0 saturated carbocycles. The minimum atomic E-state index is -0.606. The van der Waals surface area contributed by atoms with E-state index in [0.717, 1.165) is 21.7 Å². The number of rotatable bonds is 6. The predicted octanol–water partition coefficient (Wildman–Crippen LogP) is 2.29. The molecule has 2 aliphatic heterocycles. The van der Waals surface area contributed by atoms with E-state index in [1.165, 1.54) is 4.90 Å². The first-order chi connectivity index (χ1) is 16.4. The molecule has 2 aromatic carbocycles. The third-order valence-corrected chi connectivity index (χ3v) is 7.28. The third kappa shape index (κ3) is 4.13. The fourth-order valence-electron chi connectivity index (χ4n) is 4.46. The second-order valence-electron chi connectivity index (χ2n) is 8.57. The fraction of sp³-hybridized carbons (Fsp3) is 0.280. The zero-order valence-electron chi connectivity index (χ0n) is 18.5. The van der Waals surface area contributed by atoms with E-state index in [4.69, 9.17) is 0 Å². The van der Waals surface area contributed by atoms with Gasteiger partial charge in [-0.15, -0.1) is 11.3 Å². The van der Waals surface area contributed by atoms with E-state index in [9.17, 15) is 19.5 Å². The van der Waals surface area contributed by atoms with Crippen LogP contribution in [0.25, 0.3) is 10.4 Å². The molecule has 1 saturated heterocycles. The lowest BCUT2D eigenvalue weighted by molar-refractivity contribution is -0.123. The van der Waals surface area contributed by atoms with Gasteiger partial charge in [-0.2, -0.15) is 0 Å². The predicted molar refractivity (Wildman–Crippen MR) is 127 cm³/mol. The van der Waals surface area contributed by atoms with Crippen LogP contribution in [0.1, 0.15) is 44.4 Å². The molecular formula is C25H24N4O4S. The molecule has 9 heteroatoms. The zero-order valence-corrected chi connectivity index (χ0v) is 19.3. The Labute approximate surface area is 200 Å². The highest BCUT2D eigenvalue weighted by molar-refractivity contribution is 7.13. The van der Waals surface area contributed by atoms with Crippen LogP contribution in [0.15, 0.2) is 54.0 Å². The number of aryl methyl sites for hydroxylation is 1. The maximum Gasteiger partial charge on any atom is 0.261 e. The van der Waals surface area contributed by atoms with Crippen molar-refractivity contribution in [1.82, 2.24) is 20.5 Å². The second kappa shape index (κ2) is 9.09. The van der Waals surface area contributed by atoms with Gasteiger partial charge in [0.1, 0.15) is 0 Å². The number of hydrogen-bond donors (Lipinski definition) is 3. The Balaban J connectivity index is 1.42. The van der Waals surface area contributed by atoms with E-state index in [1.54, 1.807) is 41.1 Å². The van der Waals surface area contributed by atoms with Crippen molar-refractivity contribution in [3.05, 3.63) is 76.4 Å². The molecule has 3 N–H and O–H groups in total. The van der Waals surface area contributed by atoms with Crippen molar-refractivity contribution in [3.8, 4) is 10.4 Å². The molecule has 2 aliphatic rings. The molecule has 3 heterocycles. The van der Waals surface area contributed by atoms with E-state index >= 15 is 0 Å². The van der Waals surface area contributed by atoms with Gasteiger partial charge in [0.25, 0.3) is 11.8 Å². The Hall–Kier alpha value is -3.40. The van der Waals surface area contributed by atoms with Crippen molar-refractivity contribution in [1.29, 1.82) is 0 Å². The molecule has 174 valence electrons. The highest BCUT2D eigenvalue weighted by Gasteiger charge is 2.38. The van der Waals surface area contributed by atoms with Crippen LogP contribution in [-0.4, -0.2) is 57.9 Å². The van der Waals surface area contributed by atoms with Crippen molar-refractivity contribution in [2.45, 2.75) is 31.5 Å². The maximum atomic E-state index is 12.9. The molecule has 3 aromatic rings. The summed E-state index contributed by atoms with van der Waals surface area (Å²) in [5.41, 5.74) is 5.26. The van der Waals surface area contributed by atoms with Crippen LogP contribution < -0.4 is 10.6 Å². The lowest BCUT2D eigenvalue weighted by atomic mass is 10.0. The summed E-state index contributed by atoms with van der Waals surface area (Å²) in [5.74, 6) is -1.02. The Kier molecular flexibility index (Phi) is 5.99. The first kappa shape index (κ1) is 22.4. The van der Waals surface area contributed by atoms with E-state index in [1.807, 2.05) is 31.2 Å². The number of nitrogens with zero attached hydrogens (tertiary/aromatic N) is 2. The Morgan fingerprint density at radius 1 is 1.18 bits per heavy atom. The molecule has 0 bridgehead atoms. The number of nitrogens with one attached hydrogen (secondary N) is 2. The summed E-state index contributed by atoms with van der Waals surface area (Å²) < 4.78 is 0. The molecule has 34 heavy (non-hydrogen) atoms. The largest absolute Gasteiger partial charge is 0.392 e. The number of carbonyl (C=O) groups is 3. The van der Waals surface area contributed by atoms with E-state index in [-0.39, 0.29) is 24.3 Å². The van der Waals surface area contributed by atoms with Crippen LogP contribution in [0.4, 0.5) is 0 Å². The summed E-state index contributed by atoms with van der Waals surface area (Å²) in [6.07, 6.45) is -0.262. The van der Waals surface area contributed by atoms with Crippen LogP contribution in [-0.2, 0) is 4.79 Å². The number of benzene rings is 2. The number of thiazole rings is 1. The van der Waals surface area contributed by atoms with Crippen LogP contribution >= 0.6 is 11.3 Å². The lowest BCUT2D eigenvalue weighted by Gasteiger charge is -2.25. The molecule has 1 aromatic heterocycles. The smallest absolute Gasteiger partial charge is 0.261 e. The highest BCUT2D eigenvalue weighted by Crippen LogP contribution is 2.30. The number of aliphatic hydroxyl groups excluding tert-OH is 1. The average molecular weight is 477 g/mol. The molecule has 3 unspecified atom stereocenters. The van der Waals surface area contributed by atoms with Gasteiger partial charge in [-0.25, -0.2) is 4.98 Å². The highest BCUT2D eigenvalue weighted by atomic mass is 32.1. The maximum absolute atomic E-state index is 12.9. The molecular weight excluding hydrogens is 452 g/mol. The molecule has 0 aliphatic carbocycles. The summed E-state index contributed by atoms with van der Waals surface area (Å²) in [7, 11) is 0. The molecule has 0 spiro atoms. The number of hydrogen-bond acceptors (Lipinski definition) is 7. The van der Waals surface area contributed by atoms with Crippen LogP contribution in [0.2, 0.25) is 0 Å². The van der Waals surface area contributed by atoms with Crippen molar-refractivity contribution >= 4 is 29.1 Å². The van der Waals surface area contributed by atoms with Gasteiger partial charge >= 0.3 is 0 Å². The number of fused-ring (bicyclic) bond motifs is 1. The van der Waals surface area contributed by atoms with Gasteiger partial charge in [-0.3, -0.25) is 19.3 Å². The monoisotopic (exact) mass is 476 g/mol. The normalized spacial score (nSPS) is 20.5. The molecule has 3 amide bonds. The summed E-state index contributed by atoms with van der Waals surface area (Å²) in [4.78, 5) is 45.4. The summed E-state index contributed by atoms with van der Waals surface area (Å²) in [5, 5.41) is 15.8. The summed E-state index contributed by atoms with van der Waals surface area (Å²) in [6.45, 7) is 2.31. The molecule has 8 nitrogen and oxygen atoms in total. The van der Waals surface area contributed by atoms with Crippen molar-refractivity contribution < 1.29 is 19.5 Å². The summed E-state index contributed by atoms with van der Waals surface area (Å²) >= 11 is 1.55. The molecule has 1 fully saturated rings. The van der Waals surface area contributed by atoms with Gasteiger partial charge in [0, 0.05) is 6.54 Å². The fourth-order valence-corrected chi connectivity index (χ4v) is 5.27.